The van der Waals surface area contributed by atoms with Crippen molar-refractivity contribution in [1.82, 2.24) is 0 Å². The van der Waals surface area contributed by atoms with E-state index in [1.807, 2.05) is 0 Å². The standard InChI is InChI=1S/C20H26O3Si/c1-2-3-14-24(17-10-6-4-7-11-17,18-12-8-5-9-13-18)22-16-20-19(15-21)23-20/h4-13,19-21H,2-3,14-16H2,1H3. The molecule has 2 atom stereocenters. The van der Waals surface area contributed by atoms with E-state index in [2.05, 4.69) is 67.6 Å². The van der Waals surface area contributed by atoms with Crippen LogP contribution in [0.25, 0.3) is 0 Å². The van der Waals surface area contributed by atoms with Crippen molar-refractivity contribution in [3.8, 4) is 0 Å². The highest BCUT2D eigenvalue weighted by atomic mass is 28.4. The maximum absolute atomic E-state index is 9.21. The van der Waals surface area contributed by atoms with Crippen LogP contribution in [-0.2, 0) is 9.16 Å². The Morgan fingerprint density at radius 3 is 2.00 bits per heavy atom. The van der Waals surface area contributed by atoms with Crippen LogP contribution >= 0.6 is 0 Å². The van der Waals surface area contributed by atoms with Gasteiger partial charge >= 0.3 is 0 Å². The molecule has 0 spiro atoms. The summed E-state index contributed by atoms with van der Waals surface area (Å²) in [6.45, 7) is 2.86. The lowest BCUT2D eigenvalue weighted by molar-refractivity contribution is 0.232. The van der Waals surface area contributed by atoms with Gasteiger partial charge in [-0.1, -0.05) is 80.4 Å². The molecular formula is C20H26O3Si. The minimum absolute atomic E-state index is 0.0379. The molecule has 1 N–H and O–H groups in total. The summed E-state index contributed by atoms with van der Waals surface area (Å²) in [7, 11) is -2.30. The third-order valence-corrected chi connectivity index (χ3v) is 8.97. The lowest BCUT2D eigenvalue weighted by atomic mass is 10.3. The van der Waals surface area contributed by atoms with Crippen molar-refractivity contribution in [2.24, 2.45) is 0 Å². The van der Waals surface area contributed by atoms with Crippen LogP contribution < -0.4 is 10.4 Å². The molecule has 0 aliphatic carbocycles. The Hall–Kier alpha value is -1.46. The maximum atomic E-state index is 9.21. The first-order valence-electron chi connectivity index (χ1n) is 8.81. The van der Waals surface area contributed by atoms with Crippen LogP contribution in [0, 0.1) is 0 Å². The Morgan fingerprint density at radius 1 is 0.958 bits per heavy atom. The van der Waals surface area contributed by atoms with E-state index in [1.165, 1.54) is 10.4 Å². The minimum atomic E-state index is -2.30. The summed E-state index contributed by atoms with van der Waals surface area (Å²) in [6, 6.07) is 22.4. The predicted molar refractivity (Wildman–Crippen MR) is 99.3 cm³/mol. The van der Waals surface area contributed by atoms with Gasteiger partial charge in [0.2, 0.25) is 0 Å². The van der Waals surface area contributed by atoms with Crippen LogP contribution in [-0.4, -0.2) is 38.8 Å². The fraction of sp³-hybridized carbons (Fsp3) is 0.400. The number of unbranched alkanes of at least 4 members (excludes halogenated alkanes) is 1. The van der Waals surface area contributed by atoms with E-state index in [0.717, 1.165) is 18.9 Å². The maximum Gasteiger partial charge on any atom is 0.255 e. The van der Waals surface area contributed by atoms with Crippen molar-refractivity contribution < 1.29 is 14.3 Å². The largest absolute Gasteiger partial charge is 0.405 e. The molecule has 1 aliphatic heterocycles. The van der Waals surface area contributed by atoms with Crippen LogP contribution in [0.3, 0.4) is 0 Å². The lowest BCUT2D eigenvalue weighted by Crippen LogP contribution is -2.61. The Morgan fingerprint density at radius 2 is 1.54 bits per heavy atom. The van der Waals surface area contributed by atoms with Crippen molar-refractivity contribution in [2.75, 3.05) is 13.2 Å². The third kappa shape index (κ3) is 3.78. The SMILES string of the molecule is CCCC[Si](OCC1OC1CO)(c1ccccc1)c1ccccc1. The number of hydrogen-bond acceptors (Lipinski definition) is 3. The number of aliphatic hydroxyl groups is 1. The molecule has 0 bridgehead atoms. The Kier molecular flexibility index (Phi) is 5.84. The monoisotopic (exact) mass is 342 g/mol. The second kappa shape index (κ2) is 8.08. The smallest absolute Gasteiger partial charge is 0.255 e. The van der Waals surface area contributed by atoms with Gasteiger partial charge in [-0.2, -0.15) is 0 Å². The third-order valence-electron chi connectivity index (χ3n) is 4.72. The molecule has 128 valence electrons. The number of epoxide rings is 1. The van der Waals surface area contributed by atoms with E-state index in [0.29, 0.717) is 6.61 Å². The average molecular weight is 343 g/mol. The first-order chi connectivity index (χ1) is 11.8. The van der Waals surface area contributed by atoms with Crippen molar-refractivity contribution in [1.29, 1.82) is 0 Å². The normalized spacial score (nSPS) is 20.1. The summed E-state index contributed by atoms with van der Waals surface area (Å²) in [5, 5.41) is 11.8. The zero-order valence-electron chi connectivity index (χ0n) is 14.2. The van der Waals surface area contributed by atoms with E-state index in [1.54, 1.807) is 0 Å². The van der Waals surface area contributed by atoms with Gasteiger partial charge in [0.05, 0.1) is 13.2 Å². The van der Waals surface area contributed by atoms with Gasteiger partial charge < -0.3 is 14.3 Å². The van der Waals surface area contributed by atoms with Gasteiger partial charge in [-0.15, -0.1) is 0 Å². The number of aliphatic hydroxyl groups excluding tert-OH is 1. The molecule has 0 aromatic heterocycles. The zero-order valence-corrected chi connectivity index (χ0v) is 15.2. The molecule has 4 heteroatoms. The van der Waals surface area contributed by atoms with Gasteiger partial charge in [0.25, 0.3) is 8.32 Å². The molecule has 3 nitrogen and oxygen atoms in total. The van der Waals surface area contributed by atoms with Gasteiger partial charge in [-0.05, 0) is 16.4 Å². The van der Waals surface area contributed by atoms with Gasteiger partial charge in [-0.3, -0.25) is 0 Å². The van der Waals surface area contributed by atoms with Crippen LogP contribution in [0.5, 0.6) is 0 Å². The molecule has 0 radical (unpaired) electrons. The number of ether oxygens (including phenoxy) is 1. The van der Waals surface area contributed by atoms with E-state index in [-0.39, 0.29) is 18.8 Å². The van der Waals surface area contributed by atoms with Gasteiger partial charge in [0.1, 0.15) is 12.2 Å². The summed E-state index contributed by atoms with van der Waals surface area (Å²) < 4.78 is 12.1. The van der Waals surface area contributed by atoms with Gasteiger partial charge in [-0.25, -0.2) is 0 Å². The second-order valence-corrected chi connectivity index (χ2v) is 9.97. The Bertz CT molecular complexity index is 578. The quantitative estimate of drug-likeness (QED) is 0.562. The molecule has 0 amide bonds. The van der Waals surface area contributed by atoms with Crippen molar-refractivity contribution in [3.05, 3.63) is 60.7 Å². The summed E-state index contributed by atoms with van der Waals surface area (Å²) in [4.78, 5) is 0. The molecule has 0 saturated carbocycles. The van der Waals surface area contributed by atoms with Crippen LogP contribution in [0.2, 0.25) is 6.04 Å². The molecule has 24 heavy (non-hydrogen) atoms. The molecule has 2 unspecified atom stereocenters. The van der Waals surface area contributed by atoms with Gasteiger partial charge in [0, 0.05) is 0 Å². The molecule has 3 rings (SSSR count). The van der Waals surface area contributed by atoms with Crippen LogP contribution in [0.1, 0.15) is 19.8 Å². The zero-order chi connectivity index (χ0) is 16.8. The van der Waals surface area contributed by atoms with E-state index >= 15 is 0 Å². The van der Waals surface area contributed by atoms with E-state index < -0.39 is 8.32 Å². The first kappa shape index (κ1) is 17.4. The fourth-order valence-electron chi connectivity index (χ4n) is 3.25. The molecule has 2 aromatic carbocycles. The molecule has 1 heterocycles. The van der Waals surface area contributed by atoms with Crippen LogP contribution in [0.4, 0.5) is 0 Å². The number of rotatable bonds is 9. The van der Waals surface area contributed by atoms with Gasteiger partial charge in [0.15, 0.2) is 0 Å². The molecule has 1 aliphatic rings. The Balaban J connectivity index is 1.93. The molecule has 1 saturated heterocycles. The number of benzene rings is 2. The summed E-state index contributed by atoms with van der Waals surface area (Å²) in [6.07, 6.45) is 2.28. The van der Waals surface area contributed by atoms with E-state index in [9.17, 15) is 5.11 Å². The Labute approximate surface area is 145 Å². The number of hydrogen-bond donors (Lipinski definition) is 1. The molecule has 1 fully saturated rings. The first-order valence-corrected chi connectivity index (χ1v) is 10.9. The summed E-state index contributed by atoms with van der Waals surface area (Å²) in [5.41, 5.74) is 0. The average Bonchev–Trinajstić information content (AvgIpc) is 3.42. The second-order valence-electron chi connectivity index (χ2n) is 6.37. The van der Waals surface area contributed by atoms with Crippen molar-refractivity contribution in [3.63, 3.8) is 0 Å². The highest BCUT2D eigenvalue weighted by Gasteiger charge is 2.44. The summed E-state index contributed by atoms with van der Waals surface area (Å²) >= 11 is 0. The minimum Gasteiger partial charge on any atom is -0.405 e. The predicted octanol–water partition coefficient (Wildman–Crippen LogP) is 2.32. The van der Waals surface area contributed by atoms with Crippen molar-refractivity contribution in [2.45, 2.75) is 38.0 Å². The van der Waals surface area contributed by atoms with Crippen molar-refractivity contribution >= 4 is 18.7 Å². The van der Waals surface area contributed by atoms with E-state index in [4.69, 9.17) is 9.16 Å². The molecular weight excluding hydrogens is 316 g/mol. The highest BCUT2D eigenvalue weighted by Crippen LogP contribution is 2.25. The summed E-state index contributed by atoms with van der Waals surface area (Å²) in [5.74, 6) is 0. The van der Waals surface area contributed by atoms with Crippen LogP contribution in [0.15, 0.2) is 60.7 Å². The highest BCUT2D eigenvalue weighted by molar-refractivity contribution is 6.97. The molecule has 2 aromatic rings. The topological polar surface area (TPSA) is 42.0 Å². The fourth-order valence-corrected chi connectivity index (χ4v) is 7.40. The lowest BCUT2D eigenvalue weighted by Gasteiger charge is -2.32.